The lowest BCUT2D eigenvalue weighted by molar-refractivity contribution is -0.119. The molecule has 0 bridgehead atoms. The lowest BCUT2D eigenvalue weighted by Gasteiger charge is -2.21. The van der Waals surface area contributed by atoms with Gasteiger partial charge in [0.2, 0.25) is 5.91 Å². The van der Waals surface area contributed by atoms with Crippen LogP contribution in [-0.4, -0.2) is 23.5 Å². The van der Waals surface area contributed by atoms with Gasteiger partial charge >= 0.3 is 6.61 Å². The van der Waals surface area contributed by atoms with E-state index in [1.54, 1.807) is 23.9 Å². The number of benzene rings is 2. The van der Waals surface area contributed by atoms with Crippen LogP contribution in [0.5, 0.6) is 5.75 Å². The maximum Gasteiger partial charge on any atom is 0.387 e. The molecule has 1 aliphatic carbocycles. The summed E-state index contributed by atoms with van der Waals surface area (Å²) in [7, 11) is 0. The second-order valence-electron chi connectivity index (χ2n) is 6.58. The van der Waals surface area contributed by atoms with Crippen LogP contribution < -0.4 is 10.1 Å². The predicted octanol–water partition coefficient (Wildman–Crippen LogP) is 5.17. The van der Waals surface area contributed by atoms with Gasteiger partial charge in [-0.1, -0.05) is 55.3 Å². The fourth-order valence-corrected chi connectivity index (χ4v) is 4.43. The molecule has 0 radical (unpaired) electrons. The minimum Gasteiger partial charge on any atom is -0.435 e. The second-order valence-corrected chi connectivity index (χ2v) is 7.86. The molecule has 6 heteroatoms. The summed E-state index contributed by atoms with van der Waals surface area (Å²) in [5.41, 5.74) is 1.77. The molecule has 27 heavy (non-hydrogen) atoms. The number of carbonyl (C=O) groups excluding carboxylic acids is 1. The third kappa shape index (κ3) is 5.96. The minimum atomic E-state index is -2.85. The summed E-state index contributed by atoms with van der Waals surface area (Å²) < 4.78 is 29.1. The Hall–Kier alpha value is -2.08. The Labute approximate surface area is 162 Å². The molecule has 3 nitrogen and oxygen atoms in total. The van der Waals surface area contributed by atoms with Crippen molar-refractivity contribution in [3.8, 4) is 5.75 Å². The monoisotopic (exact) mass is 391 g/mol. The van der Waals surface area contributed by atoms with Gasteiger partial charge in [-0.25, -0.2) is 0 Å². The summed E-state index contributed by atoms with van der Waals surface area (Å²) in [6, 6.07) is 15.7. The first-order valence-electron chi connectivity index (χ1n) is 9.12. The van der Waals surface area contributed by atoms with Gasteiger partial charge in [-0.15, -0.1) is 11.8 Å². The van der Waals surface area contributed by atoms with E-state index in [9.17, 15) is 13.6 Å². The molecule has 0 spiro atoms. The molecule has 0 saturated heterocycles. The van der Waals surface area contributed by atoms with Crippen molar-refractivity contribution in [3.05, 3.63) is 65.7 Å². The zero-order valence-electron chi connectivity index (χ0n) is 14.9. The van der Waals surface area contributed by atoms with E-state index in [0.717, 1.165) is 11.1 Å². The van der Waals surface area contributed by atoms with E-state index in [1.165, 1.54) is 37.8 Å². The van der Waals surface area contributed by atoms with E-state index in [1.807, 2.05) is 30.3 Å². The summed E-state index contributed by atoms with van der Waals surface area (Å²) in [6.45, 7) is -2.85. The normalized spacial score (nSPS) is 15.7. The molecular weight excluding hydrogens is 368 g/mol. The first-order valence-corrected chi connectivity index (χ1v) is 10.2. The van der Waals surface area contributed by atoms with Crippen LogP contribution in [0.25, 0.3) is 0 Å². The molecule has 2 aromatic carbocycles. The lowest BCUT2D eigenvalue weighted by Crippen LogP contribution is -2.31. The average Bonchev–Trinajstić information content (AvgIpc) is 3.19. The fraction of sp³-hybridized carbons (Fsp3) is 0.381. The van der Waals surface area contributed by atoms with Crippen molar-refractivity contribution in [1.29, 1.82) is 0 Å². The van der Waals surface area contributed by atoms with Crippen LogP contribution in [0.15, 0.2) is 54.6 Å². The Morgan fingerprint density at radius 2 is 1.67 bits per heavy atom. The number of rotatable bonds is 8. The molecule has 1 fully saturated rings. The predicted molar refractivity (Wildman–Crippen MR) is 104 cm³/mol. The van der Waals surface area contributed by atoms with Crippen molar-refractivity contribution in [3.63, 3.8) is 0 Å². The molecule has 2 aromatic rings. The molecule has 1 aliphatic rings. The molecule has 1 N–H and O–H groups in total. The summed E-state index contributed by atoms with van der Waals surface area (Å²) in [6.07, 6.45) is 4.87. The Morgan fingerprint density at radius 3 is 2.30 bits per heavy atom. The molecule has 1 amide bonds. The number of ether oxygens (including phenoxy) is 1. The molecule has 0 unspecified atom stereocenters. The van der Waals surface area contributed by atoms with Gasteiger partial charge in [-0.3, -0.25) is 4.79 Å². The highest BCUT2D eigenvalue weighted by atomic mass is 32.2. The van der Waals surface area contributed by atoms with Crippen molar-refractivity contribution in [2.45, 2.75) is 43.6 Å². The summed E-state index contributed by atoms with van der Waals surface area (Å²) in [4.78, 5) is 12.5. The van der Waals surface area contributed by atoms with Crippen LogP contribution >= 0.6 is 11.8 Å². The van der Waals surface area contributed by atoms with Crippen molar-refractivity contribution < 1.29 is 18.3 Å². The van der Waals surface area contributed by atoms with Crippen LogP contribution in [0.4, 0.5) is 8.78 Å². The quantitative estimate of drug-likeness (QED) is 0.675. The number of carbonyl (C=O) groups is 1. The average molecular weight is 391 g/mol. The van der Waals surface area contributed by atoms with Gasteiger partial charge in [-0.2, -0.15) is 8.78 Å². The highest BCUT2D eigenvalue weighted by Gasteiger charge is 2.20. The van der Waals surface area contributed by atoms with Gasteiger partial charge in [0, 0.05) is 5.25 Å². The van der Waals surface area contributed by atoms with E-state index in [0.29, 0.717) is 11.0 Å². The summed E-state index contributed by atoms with van der Waals surface area (Å²) >= 11 is 1.72. The molecule has 0 aliphatic heterocycles. The Bertz CT molecular complexity index is 719. The molecule has 3 rings (SSSR count). The number of hydrogen-bond donors (Lipinski definition) is 1. The van der Waals surface area contributed by atoms with Crippen molar-refractivity contribution >= 4 is 17.7 Å². The van der Waals surface area contributed by atoms with Gasteiger partial charge in [0.05, 0.1) is 11.8 Å². The van der Waals surface area contributed by atoms with Gasteiger partial charge in [0.25, 0.3) is 0 Å². The van der Waals surface area contributed by atoms with E-state index >= 15 is 0 Å². The third-order valence-electron chi connectivity index (χ3n) is 4.63. The molecule has 0 heterocycles. The first kappa shape index (κ1) is 19.7. The van der Waals surface area contributed by atoms with Crippen molar-refractivity contribution in [1.82, 2.24) is 5.32 Å². The van der Waals surface area contributed by atoms with E-state index in [-0.39, 0.29) is 17.7 Å². The van der Waals surface area contributed by atoms with Crippen LogP contribution in [0, 0.1) is 0 Å². The Kier molecular flexibility index (Phi) is 7.10. The van der Waals surface area contributed by atoms with Gasteiger partial charge in [0.1, 0.15) is 5.75 Å². The summed E-state index contributed by atoms with van der Waals surface area (Å²) in [5, 5.41) is 3.67. The maximum atomic E-state index is 12.5. The third-order valence-corrected chi connectivity index (χ3v) is 6.00. The molecule has 144 valence electrons. The van der Waals surface area contributed by atoms with Gasteiger partial charge in [-0.05, 0) is 36.1 Å². The highest BCUT2D eigenvalue weighted by molar-refractivity contribution is 8.00. The summed E-state index contributed by atoms with van der Waals surface area (Å²) in [5.74, 6) is 0.512. The fourth-order valence-electron chi connectivity index (χ4n) is 3.30. The van der Waals surface area contributed by atoms with E-state index < -0.39 is 6.61 Å². The minimum absolute atomic E-state index is 0.0198. The number of halogens is 2. The zero-order chi connectivity index (χ0) is 19.1. The smallest absolute Gasteiger partial charge is 0.387 e. The molecular formula is C21H23F2NO2S. The Morgan fingerprint density at radius 1 is 1.04 bits per heavy atom. The van der Waals surface area contributed by atoms with Crippen LogP contribution in [0.1, 0.15) is 42.9 Å². The molecule has 1 atom stereocenters. The molecule has 1 saturated carbocycles. The number of thioether (sulfide) groups is 1. The van der Waals surface area contributed by atoms with E-state index in [4.69, 9.17) is 0 Å². The SMILES string of the molecule is O=C(CSC1CCCC1)N[C@H](c1ccccc1)c1ccc(OC(F)F)cc1. The van der Waals surface area contributed by atoms with Gasteiger partial charge < -0.3 is 10.1 Å². The number of nitrogens with one attached hydrogen (secondary N) is 1. The standard InChI is InChI=1S/C21H23F2NO2S/c22-21(23)26-17-12-10-16(11-13-17)20(15-6-2-1-3-7-15)24-19(25)14-27-18-8-4-5-9-18/h1-3,6-7,10-13,18,20-21H,4-5,8-9,14H2,(H,24,25)/t20-/m1/s1. The number of hydrogen-bond acceptors (Lipinski definition) is 3. The van der Waals surface area contributed by atoms with Crippen LogP contribution in [0.2, 0.25) is 0 Å². The molecule has 0 aromatic heterocycles. The van der Waals surface area contributed by atoms with Crippen LogP contribution in [-0.2, 0) is 4.79 Å². The van der Waals surface area contributed by atoms with Crippen LogP contribution in [0.3, 0.4) is 0 Å². The second kappa shape index (κ2) is 9.74. The topological polar surface area (TPSA) is 38.3 Å². The van der Waals surface area contributed by atoms with Crippen molar-refractivity contribution in [2.75, 3.05) is 5.75 Å². The van der Waals surface area contributed by atoms with E-state index in [2.05, 4.69) is 10.1 Å². The maximum absolute atomic E-state index is 12.5. The van der Waals surface area contributed by atoms with Crippen molar-refractivity contribution in [2.24, 2.45) is 0 Å². The first-order chi connectivity index (χ1) is 13.1. The van der Waals surface area contributed by atoms with Gasteiger partial charge in [0.15, 0.2) is 0 Å². The zero-order valence-corrected chi connectivity index (χ0v) is 15.8. The largest absolute Gasteiger partial charge is 0.435 e. The number of alkyl halides is 2. The number of amides is 1. The Balaban J connectivity index is 1.70. The lowest BCUT2D eigenvalue weighted by atomic mass is 9.98. The highest BCUT2D eigenvalue weighted by Crippen LogP contribution is 2.30.